The Morgan fingerprint density at radius 2 is 1.48 bits per heavy atom. The van der Waals surface area contributed by atoms with E-state index in [9.17, 15) is 0 Å². The van der Waals surface area contributed by atoms with Crippen LogP contribution in [-0.2, 0) is 27.7 Å². The maximum atomic E-state index is 4.64. The third-order valence-corrected chi connectivity index (χ3v) is 4.10. The summed E-state index contributed by atoms with van der Waals surface area (Å²) in [7, 11) is 0. The summed E-state index contributed by atoms with van der Waals surface area (Å²) < 4.78 is 0. The van der Waals surface area contributed by atoms with Gasteiger partial charge in [-0.05, 0) is 39.8 Å². The first-order valence-corrected chi connectivity index (χ1v) is 7.74. The molecule has 0 saturated heterocycles. The van der Waals surface area contributed by atoms with E-state index in [1.54, 1.807) is 0 Å². The number of rotatable bonds is 2. The van der Waals surface area contributed by atoms with Crippen molar-refractivity contribution in [2.24, 2.45) is 4.99 Å². The average molecular weight is 530 g/mol. The normalized spacial score (nSPS) is 13.7. The van der Waals surface area contributed by atoms with Crippen LogP contribution in [-0.4, -0.2) is 6.21 Å². The van der Waals surface area contributed by atoms with E-state index in [0.29, 0.717) is 0 Å². The Bertz CT molecular complexity index is 973. The van der Waals surface area contributed by atoms with Crippen LogP contribution in [0.4, 0.5) is 0 Å². The zero-order valence-corrected chi connectivity index (χ0v) is 20.3. The summed E-state index contributed by atoms with van der Waals surface area (Å²) in [6.07, 6.45) is 7.99. The first-order valence-electron chi connectivity index (χ1n) is 7.74. The second kappa shape index (κ2) is 8.62. The Morgan fingerprint density at radius 1 is 0.880 bits per heavy atom. The van der Waals surface area contributed by atoms with E-state index in [0.717, 1.165) is 11.3 Å². The molecular weight excluding hydrogens is 514 g/mol. The summed E-state index contributed by atoms with van der Waals surface area (Å²) >= 11 is 0. The molecule has 118 valence electrons. The van der Waals surface area contributed by atoms with Crippen molar-refractivity contribution in [1.29, 1.82) is 0 Å². The Balaban J connectivity index is 0.00000113. The van der Waals surface area contributed by atoms with E-state index in [1.807, 2.05) is 18.4 Å². The van der Waals surface area contributed by atoms with Crippen LogP contribution in [0.25, 0.3) is 21.5 Å². The van der Waals surface area contributed by atoms with Gasteiger partial charge in [0.2, 0.25) is 0 Å². The van der Waals surface area contributed by atoms with Crippen LogP contribution in [0.3, 0.4) is 0 Å². The Labute approximate surface area is 174 Å². The van der Waals surface area contributed by atoms with Crippen molar-refractivity contribution in [1.82, 2.24) is 0 Å². The fourth-order valence-electron chi connectivity index (χ4n) is 2.90. The molecule has 1 nitrogen and oxygen atoms in total. The second-order valence-corrected chi connectivity index (χ2v) is 5.74. The third kappa shape index (κ3) is 4.12. The molecule has 1 aliphatic rings. The minimum absolute atomic E-state index is 0. The number of nitrogens with zero attached hydrogens (tertiary/aromatic N) is 1. The summed E-state index contributed by atoms with van der Waals surface area (Å²) in [6.45, 7) is 2.06. The Hall–Kier alpha value is -1.66. The number of fused-ring (bicyclic) bond motifs is 2. The van der Waals surface area contributed by atoms with Crippen LogP contribution in [0.5, 0.6) is 0 Å². The average Bonchev–Trinajstić information content (AvgIpc) is 2.60. The summed E-state index contributed by atoms with van der Waals surface area (Å²) in [5.41, 5.74) is 5.22. The van der Waals surface area contributed by atoms with E-state index in [1.165, 1.54) is 27.5 Å². The molecule has 0 heterocycles. The zero-order valence-electron chi connectivity index (χ0n) is 14.0. The predicted molar refractivity (Wildman–Crippen MR) is 98.7 cm³/mol. The predicted octanol–water partition coefficient (Wildman–Crippen LogP) is 2.62. The van der Waals surface area contributed by atoms with Crippen molar-refractivity contribution in [3.05, 3.63) is 95.7 Å². The maximum absolute atomic E-state index is 4.64. The fourth-order valence-corrected chi connectivity index (χ4v) is 2.90. The van der Waals surface area contributed by atoms with Gasteiger partial charge in [-0.15, -0.1) is 0 Å². The zero-order chi connectivity index (χ0) is 15.6. The van der Waals surface area contributed by atoms with Crippen LogP contribution in [0.2, 0.25) is 0 Å². The van der Waals surface area contributed by atoms with Gasteiger partial charge in [0.1, 0.15) is 5.70 Å². The number of aliphatic imine (C=N–C) groups is 1. The Kier molecular flexibility index (Phi) is 6.78. The number of benzene rings is 3. The number of hydrogen-bond acceptors (Lipinski definition) is 1. The van der Waals surface area contributed by atoms with Gasteiger partial charge in [-0.1, -0.05) is 67.3 Å². The quantitative estimate of drug-likeness (QED) is 0.209. The van der Waals surface area contributed by atoms with Crippen molar-refractivity contribution >= 4 is 27.8 Å². The van der Waals surface area contributed by atoms with Gasteiger partial charge in [0.15, 0.2) is 0 Å². The van der Waals surface area contributed by atoms with Crippen molar-refractivity contribution in [3.8, 4) is 0 Å². The van der Waals surface area contributed by atoms with Gasteiger partial charge >= 0.3 is 27.7 Å². The molecule has 0 amide bonds. The topological polar surface area (TPSA) is 12.4 Å². The van der Waals surface area contributed by atoms with Crippen LogP contribution in [0, 0.1) is 5.92 Å². The van der Waals surface area contributed by atoms with Gasteiger partial charge in [-0.3, -0.25) is 0 Å². The van der Waals surface area contributed by atoms with Crippen molar-refractivity contribution in [2.45, 2.75) is 6.92 Å². The maximum Gasteiger partial charge on any atom is 1.00 e. The van der Waals surface area contributed by atoms with E-state index in [2.05, 4.69) is 78.3 Å². The molecule has 3 aromatic rings. The first-order chi connectivity index (χ1) is 11.3. The molecule has 0 saturated carbocycles. The molecule has 0 aromatic heterocycles. The van der Waals surface area contributed by atoms with E-state index < -0.39 is 0 Å². The first kappa shape index (κ1) is 19.7. The summed E-state index contributed by atoms with van der Waals surface area (Å²) in [5, 5.41) is 4.92. The van der Waals surface area contributed by atoms with Gasteiger partial charge in [-0.2, -0.15) is 0 Å². The van der Waals surface area contributed by atoms with Gasteiger partial charge < -0.3 is 12.4 Å². The molecule has 0 fully saturated rings. The van der Waals surface area contributed by atoms with Gasteiger partial charge in [0, 0.05) is 17.7 Å². The molecule has 0 bridgehead atoms. The molecule has 4 rings (SSSR count). The summed E-state index contributed by atoms with van der Waals surface area (Å²) in [4.78, 5) is 4.64. The number of allylic oxidation sites excluding steroid dienone is 2. The molecule has 0 N–H and O–H groups in total. The standard InChI is InChI=1S/C22H16N.ClH.Hg/c1-16-10-12-19(13-11-16)23-15-22-20-8-4-2-6-17(20)14-18-7-3-5-9-21(18)22;;/h2-12,14-15H,1H3;1H;/q;;+1/p-1. The van der Waals surface area contributed by atoms with Gasteiger partial charge in [0.05, 0.1) is 0 Å². The van der Waals surface area contributed by atoms with E-state index in [-0.39, 0.29) is 40.1 Å². The number of halogens is 1. The molecule has 0 unspecified atom stereocenters. The minimum atomic E-state index is 0. The van der Waals surface area contributed by atoms with Gasteiger partial charge in [-0.25, -0.2) is 4.99 Å². The summed E-state index contributed by atoms with van der Waals surface area (Å²) in [5.74, 6) is 1.19. The van der Waals surface area contributed by atoms with Crippen molar-refractivity contribution in [2.75, 3.05) is 0 Å². The molecule has 0 aliphatic heterocycles. The molecule has 25 heavy (non-hydrogen) atoms. The van der Waals surface area contributed by atoms with Crippen LogP contribution < -0.4 is 12.4 Å². The van der Waals surface area contributed by atoms with E-state index >= 15 is 0 Å². The van der Waals surface area contributed by atoms with Gasteiger partial charge in [0.25, 0.3) is 0 Å². The third-order valence-electron chi connectivity index (χ3n) is 4.10. The molecule has 2 radical (unpaired) electrons. The minimum Gasteiger partial charge on any atom is -1.00 e. The van der Waals surface area contributed by atoms with Crippen LogP contribution in [0.1, 0.15) is 12.5 Å². The second-order valence-electron chi connectivity index (χ2n) is 5.74. The van der Waals surface area contributed by atoms with Crippen molar-refractivity contribution in [3.63, 3.8) is 0 Å². The van der Waals surface area contributed by atoms with Crippen LogP contribution in [0.15, 0.2) is 89.2 Å². The molecule has 3 heteroatoms. The molecular formula is C22H16ClHgN. The van der Waals surface area contributed by atoms with E-state index in [4.69, 9.17) is 0 Å². The largest absolute Gasteiger partial charge is 1.00 e. The number of hydrogen-bond donors (Lipinski definition) is 0. The molecule has 1 aliphatic carbocycles. The smallest absolute Gasteiger partial charge is 1.00 e. The molecule has 0 atom stereocenters. The molecule has 0 spiro atoms. The SMILES string of the molecule is C[C]1C=C=C(N=Cc2c3ccccc3cc3ccccc23)C=C1.[Cl-].[Hg+]. The van der Waals surface area contributed by atoms with Crippen molar-refractivity contribution < 1.29 is 40.1 Å². The monoisotopic (exact) mass is 531 g/mol. The summed E-state index contributed by atoms with van der Waals surface area (Å²) in [6, 6.07) is 19.1. The Morgan fingerprint density at radius 3 is 2.04 bits per heavy atom. The fraction of sp³-hybridized carbons (Fsp3) is 0.0455. The molecule has 3 aromatic carbocycles. The van der Waals surface area contributed by atoms with Crippen LogP contribution >= 0.6 is 0 Å².